The third kappa shape index (κ3) is 3.75. The summed E-state index contributed by atoms with van der Waals surface area (Å²) in [5.41, 5.74) is 1.96. The Morgan fingerprint density at radius 2 is 1.86 bits per heavy atom. The minimum Gasteiger partial charge on any atom is -0.488 e. The van der Waals surface area contributed by atoms with Gasteiger partial charge in [-0.15, -0.1) is 0 Å². The number of carbonyl (C=O) groups excluding carboxylic acids is 2. The van der Waals surface area contributed by atoms with Crippen LogP contribution in [0.5, 0.6) is 5.75 Å². The fraction of sp³-hybridized carbons (Fsp3) is 0.0909. The summed E-state index contributed by atoms with van der Waals surface area (Å²) in [6.07, 6.45) is 1.78. The molecule has 0 saturated carbocycles. The first-order valence-corrected chi connectivity index (χ1v) is 9.40. The number of fused-ring (bicyclic) bond motifs is 1. The van der Waals surface area contributed by atoms with E-state index in [1.165, 1.54) is 0 Å². The largest absolute Gasteiger partial charge is 0.488 e. The first kappa shape index (κ1) is 18.5. The Kier molecular flexibility index (Phi) is 5.07. The van der Waals surface area contributed by atoms with E-state index in [1.54, 1.807) is 18.2 Å². The Bertz CT molecular complexity index is 1140. The number of hydrogen-bond donors (Lipinski definition) is 1. The number of imide groups is 1. The van der Waals surface area contributed by atoms with E-state index in [0.29, 0.717) is 21.4 Å². The molecule has 0 bridgehead atoms. The second kappa shape index (κ2) is 7.66. The maximum Gasteiger partial charge on any atom is 0.254 e. The molecule has 1 heterocycles. The molecule has 4 rings (SSSR count). The molecule has 2 amide bonds. The van der Waals surface area contributed by atoms with Crippen molar-refractivity contribution in [3.05, 3.63) is 81.3 Å². The van der Waals surface area contributed by atoms with Crippen molar-refractivity contribution in [3.63, 3.8) is 0 Å². The number of amides is 2. The van der Waals surface area contributed by atoms with E-state index in [-0.39, 0.29) is 24.8 Å². The van der Waals surface area contributed by atoms with Gasteiger partial charge in [-0.25, -0.2) is 0 Å². The SMILES string of the molecule is O=C1C/C(=C\c2c(OCc3ccc(Cl)cc3Cl)ccc3ccccc23)C(=O)N1. The molecule has 0 spiro atoms. The summed E-state index contributed by atoms with van der Waals surface area (Å²) in [5.74, 6) is -0.0686. The van der Waals surface area contributed by atoms with Crippen LogP contribution < -0.4 is 10.1 Å². The highest BCUT2D eigenvalue weighted by atomic mass is 35.5. The highest BCUT2D eigenvalue weighted by molar-refractivity contribution is 6.35. The topological polar surface area (TPSA) is 55.4 Å². The van der Waals surface area contributed by atoms with Gasteiger partial charge in [0, 0.05) is 26.7 Å². The van der Waals surface area contributed by atoms with Gasteiger partial charge in [-0.1, -0.05) is 59.6 Å². The molecular weight excluding hydrogens is 397 g/mol. The van der Waals surface area contributed by atoms with Crippen LogP contribution in [0.1, 0.15) is 17.5 Å². The summed E-state index contributed by atoms with van der Waals surface area (Å²) < 4.78 is 6.04. The molecular formula is C22H15Cl2NO3. The Labute approximate surface area is 171 Å². The van der Waals surface area contributed by atoms with Gasteiger partial charge in [-0.3, -0.25) is 14.9 Å². The summed E-state index contributed by atoms with van der Waals surface area (Å²) in [7, 11) is 0. The van der Waals surface area contributed by atoms with Gasteiger partial charge in [0.25, 0.3) is 5.91 Å². The molecule has 1 saturated heterocycles. The zero-order chi connectivity index (χ0) is 19.7. The van der Waals surface area contributed by atoms with Gasteiger partial charge in [0.15, 0.2) is 0 Å². The molecule has 1 aliphatic heterocycles. The van der Waals surface area contributed by atoms with Crippen molar-refractivity contribution in [3.8, 4) is 5.75 Å². The first-order valence-electron chi connectivity index (χ1n) is 8.64. The molecule has 0 radical (unpaired) electrons. The average molecular weight is 412 g/mol. The number of ether oxygens (including phenoxy) is 1. The molecule has 0 aliphatic carbocycles. The lowest BCUT2D eigenvalue weighted by Crippen LogP contribution is -2.19. The molecule has 3 aromatic carbocycles. The molecule has 0 aromatic heterocycles. The number of halogens is 2. The Morgan fingerprint density at radius 3 is 2.61 bits per heavy atom. The van der Waals surface area contributed by atoms with Gasteiger partial charge in [-0.2, -0.15) is 0 Å². The van der Waals surface area contributed by atoms with Crippen molar-refractivity contribution in [2.45, 2.75) is 13.0 Å². The van der Waals surface area contributed by atoms with Crippen LogP contribution in [0.25, 0.3) is 16.8 Å². The van der Waals surface area contributed by atoms with E-state index in [9.17, 15) is 9.59 Å². The predicted octanol–water partition coefficient (Wildman–Crippen LogP) is 5.16. The van der Waals surface area contributed by atoms with Crippen molar-refractivity contribution in [1.29, 1.82) is 0 Å². The van der Waals surface area contributed by atoms with Gasteiger partial charge in [0.1, 0.15) is 12.4 Å². The quantitative estimate of drug-likeness (QED) is 0.476. The molecule has 0 unspecified atom stereocenters. The van der Waals surface area contributed by atoms with Crippen LogP contribution in [0.4, 0.5) is 0 Å². The van der Waals surface area contributed by atoms with Gasteiger partial charge < -0.3 is 4.74 Å². The molecule has 140 valence electrons. The second-order valence-electron chi connectivity index (χ2n) is 6.45. The summed E-state index contributed by atoms with van der Waals surface area (Å²) in [6.45, 7) is 0.246. The molecule has 6 heteroatoms. The maximum absolute atomic E-state index is 12.0. The normalized spacial score (nSPS) is 15.3. The predicted molar refractivity (Wildman–Crippen MR) is 110 cm³/mol. The molecule has 28 heavy (non-hydrogen) atoms. The van der Waals surface area contributed by atoms with Gasteiger partial charge >= 0.3 is 0 Å². The van der Waals surface area contributed by atoms with E-state index < -0.39 is 0 Å². The monoisotopic (exact) mass is 411 g/mol. The molecule has 1 N–H and O–H groups in total. The number of nitrogens with one attached hydrogen (secondary N) is 1. The Hall–Kier alpha value is -2.82. The third-order valence-corrected chi connectivity index (χ3v) is 5.13. The van der Waals surface area contributed by atoms with Crippen LogP contribution >= 0.6 is 23.2 Å². The van der Waals surface area contributed by atoms with Crippen molar-refractivity contribution in [1.82, 2.24) is 5.32 Å². The minimum atomic E-state index is -0.371. The highest BCUT2D eigenvalue weighted by Gasteiger charge is 2.24. The van der Waals surface area contributed by atoms with Crippen molar-refractivity contribution < 1.29 is 14.3 Å². The highest BCUT2D eigenvalue weighted by Crippen LogP contribution is 2.32. The van der Waals surface area contributed by atoms with Crippen LogP contribution in [0.15, 0.2) is 60.2 Å². The Morgan fingerprint density at radius 1 is 1.04 bits per heavy atom. The molecule has 3 aromatic rings. The van der Waals surface area contributed by atoms with E-state index in [2.05, 4.69) is 5.32 Å². The van der Waals surface area contributed by atoms with Crippen LogP contribution in [-0.2, 0) is 16.2 Å². The zero-order valence-electron chi connectivity index (χ0n) is 14.7. The lowest BCUT2D eigenvalue weighted by Gasteiger charge is -2.13. The smallest absolute Gasteiger partial charge is 0.254 e. The maximum atomic E-state index is 12.0. The molecule has 1 aliphatic rings. The third-order valence-electron chi connectivity index (χ3n) is 4.54. The fourth-order valence-electron chi connectivity index (χ4n) is 3.14. The van der Waals surface area contributed by atoms with Gasteiger partial charge in [0.05, 0.1) is 6.42 Å². The molecule has 1 fully saturated rings. The van der Waals surface area contributed by atoms with E-state index in [1.807, 2.05) is 42.5 Å². The van der Waals surface area contributed by atoms with Crippen LogP contribution in [0, 0.1) is 0 Å². The van der Waals surface area contributed by atoms with Crippen LogP contribution in [-0.4, -0.2) is 11.8 Å². The first-order chi connectivity index (χ1) is 13.5. The minimum absolute atomic E-state index is 0.0600. The fourth-order valence-corrected chi connectivity index (χ4v) is 3.60. The summed E-state index contributed by atoms with van der Waals surface area (Å²) in [5, 5.41) is 5.33. The summed E-state index contributed by atoms with van der Waals surface area (Å²) in [4.78, 5) is 23.6. The van der Waals surface area contributed by atoms with E-state index in [4.69, 9.17) is 27.9 Å². The van der Waals surface area contributed by atoms with E-state index in [0.717, 1.165) is 21.9 Å². The van der Waals surface area contributed by atoms with Crippen molar-refractivity contribution >= 4 is 51.9 Å². The molecule has 4 nitrogen and oxygen atoms in total. The molecule has 0 atom stereocenters. The summed E-state index contributed by atoms with van der Waals surface area (Å²) in [6, 6.07) is 16.8. The zero-order valence-corrected chi connectivity index (χ0v) is 16.2. The lowest BCUT2D eigenvalue weighted by molar-refractivity contribution is -0.124. The summed E-state index contributed by atoms with van der Waals surface area (Å²) >= 11 is 12.2. The number of hydrogen-bond acceptors (Lipinski definition) is 3. The second-order valence-corrected chi connectivity index (χ2v) is 7.29. The van der Waals surface area contributed by atoms with Crippen molar-refractivity contribution in [2.75, 3.05) is 0 Å². The number of rotatable bonds is 4. The average Bonchev–Trinajstić information content (AvgIpc) is 2.99. The Balaban J connectivity index is 1.74. The lowest BCUT2D eigenvalue weighted by atomic mass is 10.0. The standard InChI is InChI=1S/C22H15Cl2NO3/c23-16-7-5-14(19(24)11-16)12-28-20-8-6-13-3-1-2-4-17(13)18(20)9-15-10-21(26)25-22(15)27/h1-9,11H,10,12H2,(H,25,26,27)/b15-9+. The van der Waals surface area contributed by atoms with Crippen LogP contribution in [0.3, 0.4) is 0 Å². The van der Waals surface area contributed by atoms with Crippen molar-refractivity contribution in [2.24, 2.45) is 0 Å². The van der Waals surface area contributed by atoms with E-state index >= 15 is 0 Å². The van der Waals surface area contributed by atoms with Gasteiger partial charge in [0.2, 0.25) is 5.91 Å². The number of carbonyl (C=O) groups is 2. The van der Waals surface area contributed by atoms with Crippen LogP contribution in [0.2, 0.25) is 10.0 Å². The number of benzene rings is 3. The van der Waals surface area contributed by atoms with Gasteiger partial charge in [-0.05, 0) is 35.0 Å².